The Morgan fingerprint density at radius 3 is 2.56 bits per heavy atom. The van der Waals surface area contributed by atoms with Crippen LogP contribution in [-0.4, -0.2) is 18.1 Å². The van der Waals surface area contributed by atoms with E-state index in [1.807, 2.05) is 0 Å². The van der Waals surface area contributed by atoms with E-state index in [9.17, 15) is 14.0 Å². The SMILES string of the molecule is NC(=O)O[C@@H](Cc1cccc(F)c1)C(N)=O. The van der Waals surface area contributed by atoms with Crippen LogP contribution < -0.4 is 11.5 Å². The van der Waals surface area contributed by atoms with Crippen LogP contribution in [0.25, 0.3) is 0 Å². The van der Waals surface area contributed by atoms with Gasteiger partial charge in [-0.15, -0.1) is 0 Å². The topological polar surface area (TPSA) is 95.4 Å². The Kier molecular flexibility index (Phi) is 3.82. The van der Waals surface area contributed by atoms with Gasteiger partial charge in [-0.2, -0.15) is 0 Å². The number of hydrogen-bond donors (Lipinski definition) is 2. The molecule has 0 aliphatic carbocycles. The van der Waals surface area contributed by atoms with Crippen molar-refractivity contribution in [3.8, 4) is 0 Å². The number of hydrogen-bond acceptors (Lipinski definition) is 3. The van der Waals surface area contributed by atoms with E-state index < -0.39 is 23.9 Å². The second-order valence-corrected chi connectivity index (χ2v) is 3.16. The number of carbonyl (C=O) groups excluding carboxylic acids is 2. The minimum atomic E-state index is -1.18. The molecule has 6 heteroatoms. The van der Waals surface area contributed by atoms with Crippen molar-refractivity contribution in [2.45, 2.75) is 12.5 Å². The van der Waals surface area contributed by atoms with Crippen LogP contribution in [0.3, 0.4) is 0 Å². The van der Waals surface area contributed by atoms with E-state index >= 15 is 0 Å². The summed E-state index contributed by atoms with van der Waals surface area (Å²) in [5.41, 5.74) is 10.3. The molecular weight excluding hydrogens is 215 g/mol. The minimum absolute atomic E-state index is 0.00394. The van der Waals surface area contributed by atoms with Gasteiger partial charge in [0.1, 0.15) is 5.82 Å². The highest BCUT2D eigenvalue weighted by atomic mass is 19.1. The van der Waals surface area contributed by atoms with Crippen LogP contribution in [0.4, 0.5) is 9.18 Å². The summed E-state index contributed by atoms with van der Waals surface area (Å²) < 4.78 is 17.3. The van der Waals surface area contributed by atoms with Crippen molar-refractivity contribution >= 4 is 12.0 Å². The number of ether oxygens (including phenoxy) is 1. The first kappa shape index (κ1) is 12.0. The van der Waals surface area contributed by atoms with E-state index in [1.54, 1.807) is 6.07 Å². The van der Waals surface area contributed by atoms with Gasteiger partial charge in [-0.05, 0) is 17.7 Å². The van der Waals surface area contributed by atoms with E-state index in [0.29, 0.717) is 5.56 Å². The molecule has 4 N–H and O–H groups in total. The fourth-order valence-corrected chi connectivity index (χ4v) is 1.22. The van der Waals surface area contributed by atoms with Gasteiger partial charge < -0.3 is 16.2 Å². The molecular formula is C10H11FN2O3. The molecule has 0 heterocycles. The Morgan fingerprint density at radius 2 is 2.06 bits per heavy atom. The van der Waals surface area contributed by atoms with Crippen LogP contribution in [-0.2, 0) is 16.0 Å². The molecule has 0 fully saturated rings. The molecule has 1 aromatic carbocycles. The molecule has 0 radical (unpaired) electrons. The number of rotatable bonds is 4. The summed E-state index contributed by atoms with van der Waals surface area (Å²) in [6.45, 7) is 0. The maximum Gasteiger partial charge on any atom is 0.405 e. The molecule has 0 bridgehead atoms. The van der Waals surface area contributed by atoms with Gasteiger partial charge in [-0.3, -0.25) is 4.79 Å². The molecule has 0 aliphatic rings. The van der Waals surface area contributed by atoms with Gasteiger partial charge in [-0.25, -0.2) is 9.18 Å². The molecule has 0 aromatic heterocycles. The third-order valence-corrected chi connectivity index (χ3v) is 1.89. The predicted octanol–water partition coefficient (Wildman–Crippen LogP) is 0.317. The Bertz CT molecular complexity index is 409. The Labute approximate surface area is 91.2 Å². The zero-order valence-electron chi connectivity index (χ0n) is 8.35. The number of nitrogens with two attached hydrogens (primary N) is 2. The summed E-state index contributed by atoms with van der Waals surface area (Å²) in [4.78, 5) is 21.4. The van der Waals surface area contributed by atoms with E-state index in [0.717, 1.165) is 0 Å². The van der Waals surface area contributed by atoms with Crippen LogP contribution in [0, 0.1) is 5.82 Å². The van der Waals surface area contributed by atoms with E-state index in [2.05, 4.69) is 4.74 Å². The summed E-state index contributed by atoms with van der Waals surface area (Å²) in [6, 6.07) is 5.55. The molecule has 0 unspecified atom stereocenters. The molecule has 1 aromatic rings. The molecule has 0 spiro atoms. The summed E-state index contributed by atoms with van der Waals surface area (Å²) >= 11 is 0. The predicted molar refractivity (Wildman–Crippen MR) is 53.8 cm³/mol. The lowest BCUT2D eigenvalue weighted by molar-refractivity contribution is -0.126. The Morgan fingerprint density at radius 1 is 1.38 bits per heavy atom. The monoisotopic (exact) mass is 226 g/mol. The zero-order chi connectivity index (χ0) is 12.1. The van der Waals surface area contributed by atoms with Gasteiger partial charge in [0.05, 0.1) is 0 Å². The van der Waals surface area contributed by atoms with Crippen molar-refractivity contribution < 1.29 is 18.7 Å². The Hall–Kier alpha value is -2.11. The molecule has 1 rings (SSSR count). The van der Waals surface area contributed by atoms with Gasteiger partial charge in [0.2, 0.25) is 0 Å². The average molecular weight is 226 g/mol. The molecule has 16 heavy (non-hydrogen) atoms. The maximum atomic E-state index is 12.8. The lowest BCUT2D eigenvalue weighted by atomic mass is 10.1. The van der Waals surface area contributed by atoms with Crippen LogP contribution >= 0.6 is 0 Å². The maximum absolute atomic E-state index is 12.8. The van der Waals surface area contributed by atoms with Crippen molar-refractivity contribution in [1.29, 1.82) is 0 Å². The number of benzene rings is 1. The molecule has 0 saturated carbocycles. The first-order chi connectivity index (χ1) is 7.49. The first-order valence-corrected chi connectivity index (χ1v) is 4.49. The molecule has 86 valence electrons. The quantitative estimate of drug-likeness (QED) is 0.773. The van der Waals surface area contributed by atoms with Gasteiger partial charge in [0.15, 0.2) is 6.10 Å². The smallest absolute Gasteiger partial charge is 0.405 e. The van der Waals surface area contributed by atoms with Crippen LogP contribution in [0.2, 0.25) is 0 Å². The molecule has 0 saturated heterocycles. The largest absolute Gasteiger partial charge is 0.436 e. The third kappa shape index (κ3) is 3.56. The highest BCUT2D eigenvalue weighted by Crippen LogP contribution is 2.08. The Balaban J connectivity index is 2.75. The summed E-state index contributed by atoms with van der Waals surface area (Å²) in [5.74, 6) is -1.28. The van der Waals surface area contributed by atoms with Crippen molar-refractivity contribution in [3.63, 3.8) is 0 Å². The number of primary amides is 2. The first-order valence-electron chi connectivity index (χ1n) is 4.49. The molecule has 2 amide bonds. The second kappa shape index (κ2) is 5.11. The molecule has 0 aliphatic heterocycles. The summed E-state index contributed by atoms with van der Waals surface area (Å²) in [6.07, 6.45) is -2.28. The van der Waals surface area contributed by atoms with Gasteiger partial charge in [0.25, 0.3) is 5.91 Å². The van der Waals surface area contributed by atoms with E-state index in [4.69, 9.17) is 11.5 Å². The molecule has 5 nitrogen and oxygen atoms in total. The van der Waals surface area contributed by atoms with Crippen LogP contribution in [0.15, 0.2) is 24.3 Å². The van der Waals surface area contributed by atoms with E-state index in [-0.39, 0.29) is 6.42 Å². The van der Waals surface area contributed by atoms with Crippen molar-refractivity contribution in [2.24, 2.45) is 11.5 Å². The van der Waals surface area contributed by atoms with Gasteiger partial charge >= 0.3 is 6.09 Å². The molecule has 1 atom stereocenters. The van der Waals surface area contributed by atoms with Gasteiger partial charge in [0, 0.05) is 6.42 Å². The van der Waals surface area contributed by atoms with Crippen molar-refractivity contribution in [1.82, 2.24) is 0 Å². The van der Waals surface area contributed by atoms with Crippen LogP contribution in [0.5, 0.6) is 0 Å². The zero-order valence-corrected chi connectivity index (χ0v) is 8.35. The normalized spacial score (nSPS) is 11.8. The van der Waals surface area contributed by atoms with Crippen molar-refractivity contribution in [3.05, 3.63) is 35.6 Å². The lowest BCUT2D eigenvalue weighted by Crippen LogP contribution is -2.36. The van der Waals surface area contributed by atoms with Crippen LogP contribution in [0.1, 0.15) is 5.56 Å². The number of amides is 2. The minimum Gasteiger partial charge on any atom is -0.436 e. The summed E-state index contributed by atoms with van der Waals surface area (Å²) in [5, 5.41) is 0. The summed E-state index contributed by atoms with van der Waals surface area (Å²) in [7, 11) is 0. The number of carbonyl (C=O) groups is 2. The van der Waals surface area contributed by atoms with E-state index in [1.165, 1.54) is 18.2 Å². The second-order valence-electron chi connectivity index (χ2n) is 3.16. The average Bonchev–Trinajstić information content (AvgIpc) is 2.15. The fraction of sp³-hybridized carbons (Fsp3) is 0.200. The standard InChI is InChI=1S/C10H11FN2O3/c11-7-3-1-2-6(4-7)5-8(9(12)14)16-10(13)15/h1-4,8H,5H2,(H2,12,14)(H2,13,15)/t8-/m0/s1. The number of halogens is 1. The highest BCUT2D eigenvalue weighted by molar-refractivity contribution is 5.81. The lowest BCUT2D eigenvalue weighted by Gasteiger charge is -2.12. The van der Waals surface area contributed by atoms with Crippen molar-refractivity contribution in [2.75, 3.05) is 0 Å². The van der Waals surface area contributed by atoms with Gasteiger partial charge in [-0.1, -0.05) is 12.1 Å². The highest BCUT2D eigenvalue weighted by Gasteiger charge is 2.19. The third-order valence-electron chi connectivity index (χ3n) is 1.89. The fourth-order valence-electron chi connectivity index (χ4n) is 1.22.